The van der Waals surface area contributed by atoms with Gasteiger partial charge >= 0.3 is 0 Å². The van der Waals surface area contributed by atoms with Crippen molar-refractivity contribution in [2.75, 3.05) is 5.32 Å². The molecule has 3 heteroatoms. The summed E-state index contributed by atoms with van der Waals surface area (Å²) in [6, 6.07) is 8.76. The molecule has 1 atom stereocenters. The zero-order valence-electron chi connectivity index (χ0n) is 10.5. The molecule has 3 nitrogen and oxygen atoms in total. The second-order valence-electron chi connectivity index (χ2n) is 4.28. The molecular weight excluding hydrogens is 212 g/mol. The molecule has 0 spiro atoms. The highest BCUT2D eigenvalue weighted by Gasteiger charge is 2.04. The Morgan fingerprint density at radius 3 is 2.53 bits per heavy atom. The quantitative estimate of drug-likeness (QED) is 0.866. The molecule has 0 radical (unpaired) electrons. The minimum Gasteiger partial charge on any atom is -0.449 e. The maximum Gasteiger partial charge on any atom is 0.191 e. The van der Waals surface area contributed by atoms with Gasteiger partial charge in [0.05, 0.1) is 0 Å². The van der Waals surface area contributed by atoms with Crippen LogP contribution in [0.1, 0.15) is 26.2 Å². The summed E-state index contributed by atoms with van der Waals surface area (Å²) in [5, 5.41) is 3.43. The molecule has 0 aliphatic carbocycles. The van der Waals surface area contributed by atoms with E-state index in [9.17, 15) is 0 Å². The van der Waals surface area contributed by atoms with E-state index in [0.717, 1.165) is 23.4 Å². The molecule has 0 saturated heterocycles. The Labute approximate surface area is 102 Å². The minimum absolute atomic E-state index is 0.496. The average Bonchev–Trinajstić information content (AvgIpc) is 2.77. The van der Waals surface area contributed by atoms with Gasteiger partial charge in [-0.25, -0.2) is 4.98 Å². The normalized spacial score (nSPS) is 12.4. The third-order valence-electron chi connectivity index (χ3n) is 2.83. The number of nitrogens with one attached hydrogen (secondary N) is 1. The van der Waals surface area contributed by atoms with Crippen LogP contribution in [0.2, 0.25) is 0 Å². The maximum atomic E-state index is 5.20. The summed E-state index contributed by atoms with van der Waals surface area (Å²) < 4.78 is 5.20. The van der Waals surface area contributed by atoms with Crippen LogP contribution in [-0.2, 0) is 0 Å². The van der Waals surface area contributed by atoms with Crippen LogP contribution in [0, 0.1) is 6.92 Å². The molecule has 1 aromatic heterocycles. The van der Waals surface area contributed by atoms with E-state index in [1.54, 1.807) is 6.26 Å². The van der Waals surface area contributed by atoms with Gasteiger partial charge in [-0.15, -0.1) is 0 Å². The van der Waals surface area contributed by atoms with Gasteiger partial charge in [-0.05, 0) is 25.5 Å². The van der Waals surface area contributed by atoms with E-state index in [0.29, 0.717) is 11.9 Å². The lowest BCUT2D eigenvalue weighted by molar-refractivity contribution is 0.521. The number of hydrogen-bond acceptors (Lipinski definition) is 3. The van der Waals surface area contributed by atoms with Crippen LogP contribution in [-0.4, -0.2) is 11.0 Å². The summed E-state index contributed by atoms with van der Waals surface area (Å²) in [6.07, 6.45) is 2.80. The second-order valence-corrected chi connectivity index (χ2v) is 4.28. The van der Waals surface area contributed by atoms with Crippen molar-refractivity contribution in [1.82, 2.24) is 4.98 Å². The molecule has 1 N–H and O–H groups in total. The molecule has 1 aromatic carbocycles. The largest absolute Gasteiger partial charge is 0.449 e. The summed E-state index contributed by atoms with van der Waals surface area (Å²) in [4.78, 5) is 4.30. The first-order valence-electron chi connectivity index (χ1n) is 5.98. The van der Waals surface area contributed by atoms with E-state index < -0.39 is 0 Å². The predicted molar refractivity (Wildman–Crippen MR) is 70.1 cm³/mol. The van der Waals surface area contributed by atoms with Gasteiger partial charge in [0.1, 0.15) is 12.0 Å². The second kappa shape index (κ2) is 5.04. The molecule has 0 aliphatic rings. The first-order valence-corrected chi connectivity index (χ1v) is 5.98. The molecule has 90 valence electrons. The smallest absolute Gasteiger partial charge is 0.191 e. The molecule has 0 amide bonds. The Morgan fingerprint density at radius 2 is 2.00 bits per heavy atom. The van der Waals surface area contributed by atoms with Gasteiger partial charge in [-0.1, -0.05) is 19.1 Å². The van der Waals surface area contributed by atoms with Crippen LogP contribution in [0.3, 0.4) is 0 Å². The number of aromatic nitrogens is 1. The zero-order valence-corrected chi connectivity index (χ0v) is 10.5. The molecule has 1 heterocycles. The van der Waals surface area contributed by atoms with Crippen molar-refractivity contribution in [1.29, 1.82) is 0 Å². The van der Waals surface area contributed by atoms with Crippen molar-refractivity contribution in [3.8, 4) is 11.3 Å². The topological polar surface area (TPSA) is 38.1 Å². The van der Waals surface area contributed by atoms with Crippen molar-refractivity contribution in [3.63, 3.8) is 0 Å². The number of rotatable bonds is 4. The Bertz CT molecular complexity index is 473. The third-order valence-corrected chi connectivity index (χ3v) is 2.83. The van der Waals surface area contributed by atoms with Gasteiger partial charge in [0, 0.05) is 24.2 Å². The highest BCUT2D eigenvalue weighted by Crippen LogP contribution is 2.21. The summed E-state index contributed by atoms with van der Waals surface area (Å²) >= 11 is 0. The summed E-state index contributed by atoms with van der Waals surface area (Å²) in [6.45, 7) is 6.20. The summed E-state index contributed by atoms with van der Waals surface area (Å²) in [7, 11) is 0. The molecule has 0 fully saturated rings. The van der Waals surface area contributed by atoms with E-state index in [-0.39, 0.29) is 0 Å². The lowest BCUT2D eigenvalue weighted by Crippen LogP contribution is -2.12. The molecule has 2 rings (SSSR count). The standard InChI is InChI=1S/C14H18N2O/c1-4-10(2)15-13-7-5-12(6-8-13)14-9-17-11(3)16-14/h5-10,15H,4H2,1-3H3. The van der Waals surface area contributed by atoms with Crippen molar-refractivity contribution in [2.24, 2.45) is 0 Å². The molecule has 2 aromatic rings. The molecule has 0 saturated carbocycles. The van der Waals surface area contributed by atoms with Crippen LogP contribution in [0.5, 0.6) is 0 Å². The molecule has 0 aliphatic heterocycles. The summed E-state index contributed by atoms with van der Waals surface area (Å²) in [5.41, 5.74) is 3.11. The highest BCUT2D eigenvalue weighted by molar-refractivity contribution is 5.61. The van der Waals surface area contributed by atoms with E-state index >= 15 is 0 Å². The van der Waals surface area contributed by atoms with Crippen LogP contribution < -0.4 is 5.32 Å². The first kappa shape index (κ1) is 11.7. The molecule has 1 unspecified atom stereocenters. The van der Waals surface area contributed by atoms with Gasteiger partial charge in [0.2, 0.25) is 0 Å². The van der Waals surface area contributed by atoms with Crippen LogP contribution in [0.4, 0.5) is 5.69 Å². The van der Waals surface area contributed by atoms with Gasteiger partial charge < -0.3 is 9.73 Å². The molecule has 0 bridgehead atoms. The first-order chi connectivity index (χ1) is 8.19. The minimum atomic E-state index is 0.496. The lowest BCUT2D eigenvalue weighted by Gasteiger charge is -2.12. The van der Waals surface area contributed by atoms with E-state index in [1.807, 2.05) is 6.92 Å². The van der Waals surface area contributed by atoms with Gasteiger partial charge in [0.15, 0.2) is 5.89 Å². The molecule has 17 heavy (non-hydrogen) atoms. The van der Waals surface area contributed by atoms with E-state index in [1.165, 1.54) is 0 Å². The van der Waals surface area contributed by atoms with Crippen molar-refractivity contribution < 1.29 is 4.42 Å². The fourth-order valence-corrected chi connectivity index (χ4v) is 1.62. The SMILES string of the molecule is CCC(C)Nc1ccc(-c2coc(C)n2)cc1. The fraction of sp³-hybridized carbons (Fsp3) is 0.357. The van der Waals surface area contributed by atoms with Gasteiger partial charge in [-0.3, -0.25) is 0 Å². The van der Waals surface area contributed by atoms with Gasteiger partial charge in [0.25, 0.3) is 0 Å². The number of aryl methyl sites for hydroxylation is 1. The summed E-state index contributed by atoms with van der Waals surface area (Å²) in [5.74, 6) is 0.696. The van der Waals surface area contributed by atoms with E-state index in [4.69, 9.17) is 4.42 Å². The van der Waals surface area contributed by atoms with Crippen molar-refractivity contribution >= 4 is 5.69 Å². The average molecular weight is 230 g/mol. The highest BCUT2D eigenvalue weighted by atomic mass is 16.3. The van der Waals surface area contributed by atoms with Crippen molar-refractivity contribution in [2.45, 2.75) is 33.2 Å². The maximum absolute atomic E-state index is 5.20. The lowest BCUT2D eigenvalue weighted by atomic mass is 10.1. The van der Waals surface area contributed by atoms with E-state index in [2.05, 4.69) is 48.4 Å². The van der Waals surface area contributed by atoms with Crippen molar-refractivity contribution in [3.05, 3.63) is 36.4 Å². The Balaban J connectivity index is 2.13. The number of benzene rings is 1. The Morgan fingerprint density at radius 1 is 1.29 bits per heavy atom. The number of anilines is 1. The number of oxazole rings is 1. The zero-order chi connectivity index (χ0) is 12.3. The van der Waals surface area contributed by atoms with Crippen LogP contribution in [0.15, 0.2) is 34.9 Å². The fourth-order valence-electron chi connectivity index (χ4n) is 1.62. The Kier molecular flexibility index (Phi) is 3.47. The monoisotopic (exact) mass is 230 g/mol. The Hall–Kier alpha value is -1.77. The number of nitrogens with zero attached hydrogens (tertiary/aromatic N) is 1. The van der Waals surface area contributed by atoms with Crippen LogP contribution >= 0.6 is 0 Å². The molecular formula is C14H18N2O. The number of hydrogen-bond donors (Lipinski definition) is 1. The van der Waals surface area contributed by atoms with Crippen LogP contribution in [0.25, 0.3) is 11.3 Å². The predicted octanol–water partition coefficient (Wildman–Crippen LogP) is 3.86. The third kappa shape index (κ3) is 2.87. The van der Waals surface area contributed by atoms with Gasteiger partial charge in [-0.2, -0.15) is 0 Å².